The Morgan fingerprint density at radius 3 is 2.25 bits per heavy atom. The summed E-state index contributed by atoms with van der Waals surface area (Å²) in [4.78, 5) is 0. The smallest absolute Gasteiger partial charge is 0.419 e. The highest BCUT2D eigenvalue weighted by atomic mass is 19.4. The minimum Gasteiger partial charge on any atom is -0.508 e. The molecular formula is C14H11F4NO. The Labute approximate surface area is 112 Å². The van der Waals surface area contributed by atoms with E-state index in [0.717, 1.165) is 17.7 Å². The van der Waals surface area contributed by atoms with Crippen LogP contribution in [0.5, 0.6) is 5.75 Å². The molecule has 0 amide bonds. The summed E-state index contributed by atoms with van der Waals surface area (Å²) in [6.45, 7) is 0.267. The molecule has 2 N–H and O–H groups in total. The van der Waals surface area contributed by atoms with E-state index in [4.69, 9.17) is 5.11 Å². The monoisotopic (exact) mass is 285 g/mol. The lowest BCUT2D eigenvalue weighted by molar-refractivity contribution is -0.139. The van der Waals surface area contributed by atoms with Crippen molar-refractivity contribution in [3.63, 3.8) is 0 Å². The number of benzene rings is 2. The minimum absolute atomic E-state index is 0.106. The number of rotatable bonds is 3. The van der Waals surface area contributed by atoms with Gasteiger partial charge < -0.3 is 10.4 Å². The van der Waals surface area contributed by atoms with Gasteiger partial charge in [0.05, 0.1) is 5.56 Å². The number of aromatic hydroxyl groups is 1. The van der Waals surface area contributed by atoms with Crippen LogP contribution in [0.15, 0.2) is 42.5 Å². The standard InChI is InChI=1S/C14H11F4NO/c15-13-6-3-10(7-12(13)14(16,17)18)19-8-9-1-4-11(20)5-2-9/h1-7,19-20H,8H2. The molecule has 0 atom stereocenters. The molecule has 0 unspecified atom stereocenters. The first-order chi connectivity index (χ1) is 9.36. The summed E-state index contributed by atoms with van der Waals surface area (Å²) in [5.41, 5.74) is -0.347. The molecule has 0 heterocycles. The van der Waals surface area contributed by atoms with Crippen molar-refractivity contribution in [2.45, 2.75) is 12.7 Å². The molecule has 106 valence electrons. The second kappa shape index (κ2) is 5.40. The van der Waals surface area contributed by atoms with Gasteiger partial charge >= 0.3 is 6.18 Å². The summed E-state index contributed by atoms with van der Waals surface area (Å²) in [6, 6.07) is 8.97. The molecule has 2 rings (SSSR count). The summed E-state index contributed by atoms with van der Waals surface area (Å²) >= 11 is 0. The van der Waals surface area contributed by atoms with E-state index < -0.39 is 17.6 Å². The second-order valence-corrected chi connectivity index (χ2v) is 4.21. The molecule has 6 heteroatoms. The van der Waals surface area contributed by atoms with Crippen LogP contribution in [0.2, 0.25) is 0 Å². The van der Waals surface area contributed by atoms with E-state index in [-0.39, 0.29) is 18.0 Å². The van der Waals surface area contributed by atoms with E-state index in [1.807, 2.05) is 0 Å². The van der Waals surface area contributed by atoms with Gasteiger partial charge in [0, 0.05) is 12.2 Å². The predicted molar refractivity (Wildman–Crippen MR) is 66.8 cm³/mol. The van der Waals surface area contributed by atoms with Gasteiger partial charge in [-0.3, -0.25) is 0 Å². The van der Waals surface area contributed by atoms with E-state index in [1.54, 1.807) is 12.1 Å². The van der Waals surface area contributed by atoms with Crippen LogP contribution in [0.4, 0.5) is 23.2 Å². The number of nitrogens with one attached hydrogen (secondary N) is 1. The third kappa shape index (κ3) is 3.40. The zero-order chi connectivity index (χ0) is 14.8. The van der Waals surface area contributed by atoms with Gasteiger partial charge in [-0.1, -0.05) is 12.1 Å². The molecule has 20 heavy (non-hydrogen) atoms. The van der Waals surface area contributed by atoms with Crippen molar-refractivity contribution in [3.05, 3.63) is 59.4 Å². The third-order valence-corrected chi connectivity index (χ3v) is 2.70. The molecule has 0 aliphatic carbocycles. The number of phenolic OH excluding ortho intramolecular Hbond substituents is 1. The van der Waals surface area contributed by atoms with Crippen molar-refractivity contribution in [1.82, 2.24) is 0 Å². The van der Waals surface area contributed by atoms with E-state index in [1.165, 1.54) is 18.2 Å². The lowest BCUT2D eigenvalue weighted by atomic mass is 10.1. The molecule has 0 aliphatic rings. The fraction of sp³-hybridized carbons (Fsp3) is 0.143. The first-order valence-corrected chi connectivity index (χ1v) is 5.75. The Kier molecular flexibility index (Phi) is 3.83. The lowest BCUT2D eigenvalue weighted by Gasteiger charge is -2.11. The predicted octanol–water partition coefficient (Wildman–Crippen LogP) is 4.16. The van der Waals surface area contributed by atoms with Crippen molar-refractivity contribution in [2.24, 2.45) is 0 Å². The zero-order valence-electron chi connectivity index (χ0n) is 10.2. The van der Waals surface area contributed by atoms with Gasteiger partial charge in [-0.15, -0.1) is 0 Å². The number of hydrogen-bond donors (Lipinski definition) is 2. The van der Waals surface area contributed by atoms with Crippen LogP contribution in [0.3, 0.4) is 0 Å². The van der Waals surface area contributed by atoms with Gasteiger partial charge in [0.1, 0.15) is 11.6 Å². The molecule has 0 saturated heterocycles. The summed E-state index contributed by atoms with van der Waals surface area (Å²) in [5, 5.41) is 11.9. The van der Waals surface area contributed by atoms with Gasteiger partial charge in [0.15, 0.2) is 0 Å². The Morgan fingerprint density at radius 2 is 1.65 bits per heavy atom. The third-order valence-electron chi connectivity index (χ3n) is 2.70. The molecule has 0 fully saturated rings. The molecular weight excluding hydrogens is 274 g/mol. The number of phenols is 1. The second-order valence-electron chi connectivity index (χ2n) is 4.21. The van der Waals surface area contributed by atoms with Crippen molar-refractivity contribution in [3.8, 4) is 5.75 Å². The van der Waals surface area contributed by atoms with Crippen molar-refractivity contribution in [2.75, 3.05) is 5.32 Å². The van der Waals surface area contributed by atoms with E-state index in [9.17, 15) is 17.6 Å². The highest BCUT2D eigenvalue weighted by Crippen LogP contribution is 2.33. The van der Waals surface area contributed by atoms with Crippen LogP contribution in [0.25, 0.3) is 0 Å². The molecule has 0 aromatic heterocycles. The Morgan fingerprint density at radius 1 is 1.00 bits per heavy atom. The Balaban J connectivity index is 2.12. The number of anilines is 1. The molecule has 0 bridgehead atoms. The van der Waals surface area contributed by atoms with E-state index in [2.05, 4.69) is 5.32 Å². The summed E-state index contributed by atoms with van der Waals surface area (Å²) in [6.07, 6.45) is -4.72. The van der Waals surface area contributed by atoms with Gasteiger partial charge in [-0.25, -0.2) is 4.39 Å². The number of alkyl halides is 3. The zero-order valence-corrected chi connectivity index (χ0v) is 10.2. The van der Waals surface area contributed by atoms with Crippen molar-refractivity contribution in [1.29, 1.82) is 0 Å². The summed E-state index contributed by atoms with van der Waals surface area (Å²) < 4.78 is 50.7. The fourth-order valence-electron chi connectivity index (χ4n) is 1.67. The highest BCUT2D eigenvalue weighted by molar-refractivity contribution is 5.47. The summed E-state index contributed by atoms with van der Waals surface area (Å²) in [5.74, 6) is -1.19. The largest absolute Gasteiger partial charge is 0.508 e. The van der Waals surface area contributed by atoms with Crippen LogP contribution in [0, 0.1) is 5.82 Å². The molecule has 0 radical (unpaired) electrons. The van der Waals surface area contributed by atoms with Crippen molar-refractivity contribution >= 4 is 5.69 Å². The molecule has 2 nitrogen and oxygen atoms in total. The topological polar surface area (TPSA) is 32.3 Å². The number of halogens is 4. The molecule has 0 spiro atoms. The van der Waals surface area contributed by atoms with Gasteiger partial charge in [0.25, 0.3) is 0 Å². The quantitative estimate of drug-likeness (QED) is 0.830. The van der Waals surface area contributed by atoms with Crippen LogP contribution >= 0.6 is 0 Å². The molecule has 2 aromatic rings. The van der Waals surface area contributed by atoms with Crippen LogP contribution in [0.1, 0.15) is 11.1 Å². The van der Waals surface area contributed by atoms with E-state index >= 15 is 0 Å². The first kappa shape index (κ1) is 14.2. The maximum Gasteiger partial charge on any atom is 0.419 e. The highest BCUT2D eigenvalue weighted by Gasteiger charge is 2.34. The van der Waals surface area contributed by atoms with Gasteiger partial charge in [-0.2, -0.15) is 13.2 Å². The van der Waals surface area contributed by atoms with Gasteiger partial charge in [0.2, 0.25) is 0 Å². The van der Waals surface area contributed by atoms with E-state index in [0.29, 0.717) is 0 Å². The molecule has 0 saturated carbocycles. The molecule has 0 aliphatic heterocycles. The van der Waals surface area contributed by atoms with Crippen LogP contribution in [-0.2, 0) is 12.7 Å². The van der Waals surface area contributed by atoms with Crippen molar-refractivity contribution < 1.29 is 22.7 Å². The normalized spacial score (nSPS) is 11.4. The lowest BCUT2D eigenvalue weighted by Crippen LogP contribution is -2.09. The Bertz CT molecular complexity index is 593. The first-order valence-electron chi connectivity index (χ1n) is 5.75. The van der Waals surface area contributed by atoms with Crippen LogP contribution < -0.4 is 5.32 Å². The average Bonchev–Trinajstić information content (AvgIpc) is 2.38. The maximum absolute atomic E-state index is 13.1. The Hall–Kier alpha value is -2.24. The fourth-order valence-corrected chi connectivity index (χ4v) is 1.67. The maximum atomic E-state index is 13.1. The minimum atomic E-state index is -4.72. The molecule has 2 aromatic carbocycles. The summed E-state index contributed by atoms with van der Waals surface area (Å²) in [7, 11) is 0. The average molecular weight is 285 g/mol. The van der Waals surface area contributed by atoms with Gasteiger partial charge in [-0.05, 0) is 35.9 Å². The number of hydrogen-bond acceptors (Lipinski definition) is 2. The van der Waals surface area contributed by atoms with Crippen LogP contribution in [-0.4, -0.2) is 5.11 Å². The SMILES string of the molecule is Oc1ccc(CNc2ccc(F)c(C(F)(F)F)c2)cc1.